The molecule has 1 aromatic rings. The molecule has 2 heterocycles. The molecule has 0 spiro atoms. The number of nitrogens with one attached hydrogen (secondary N) is 1. The second-order valence-electron chi connectivity index (χ2n) is 5.27. The Hall–Kier alpha value is -2.15. The third-order valence-corrected chi connectivity index (χ3v) is 3.89. The van der Waals surface area contributed by atoms with Gasteiger partial charge in [-0.2, -0.15) is 0 Å². The van der Waals surface area contributed by atoms with E-state index in [0.29, 0.717) is 6.42 Å². The van der Waals surface area contributed by atoms with Crippen molar-refractivity contribution in [1.82, 2.24) is 10.2 Å². The summed E-state index contributed by atoms with van der Waals surface area (Å²) in [6, 6.07) is 5.83. The molecular formula is C15H16N2O2. The van der Waals surface area contributed by atoms with E-state index in [2.05, 4.69) is 11.2 Å². The average molecular weight is 256 g/mol. The molecule has 1 fully saturated rings. The molecule has 2 aliphatic heterocycles. The number of ether oxygens (including phenoxy) is 1. The highest BCUT2D eigenvalue weighted by Crippen LogP contribution is 2.45. The van der Waals surface area contributed by atoms with Gasteiger partial charge >= 0.3 is 6.03 Å². The lowest BCUT2D eigenvalue weighted by molar-refractivity contribution is -0.0784. The normalized spacial score (nSPS) is 27.9. The van der Waals surface area contributed by atoms with Gasteiger partial charge in [-0.25, -0.2) is 4.79 Å². The number of rotatable bonds is 1. The number of aryl methyl sites for hydroxylation is 1. The van der Waals surface area contributed by atoms with Crippen molar-refractivity contribution in [3.05, 3.63) is 29.3 Å². The second kappa shape index (κ2) is 3.92. The van der Waals surface area contributed by atoms with Crippen LogP contribution in [0.4, 0.5) is 4.79 Å². The highest BCUT2D eigenvalue weighted by Gasteiger charge is 2.48. The van der Waals surface area contributed by atoms with Gasteiger partial charge in [0.2, 0.25) is 0 Å². The lowest BCUT2D eigenvalue weighted by Gasteiger charge is -2.50. The zero-order valence-corrected chi connectivity index (χ0v) is 11.1. The summed E-state index contributed by atoms with van der Waals surface area (Å²) >= 11 is 0. The van der Waals surface area contributed by atoms with E-state index in [1.807, 2.05) is 32.0 Å². The van der Waals surface area contributed by atoms with Crippen molar-refractivity contribution in [3.63, 3.8) is 0 Å². The van der Waals surface area contributed by atoms with Crippen molar-refractivity contribution in [2.24, 2.45) is 0 Å². The molecule has 19 heavy (non-hydrogen) atoms. The van der Waals surface area contributed by atoms with Crippen molar-refractivity contribution in [2.75, 3.05) is 6.54 Å². The summed E-state index contributed by atoms with van der Waals surface area (Å²) in [4.78, 5) is 13.7. The molecule has 2 bridgehead atoms. The average Bonchev–Trinajstić information content (AvgIpc) is 2.36. The van der Waals surface area contributed by atoms with Crippen molar-refractivity contribution in [1.29, 1.82) is 0 Å². The maximum absolute atomic E-state index is 12.1. The van der Waals surface area contributed by atoms with Crippen molar-refractivity contribution in [2.45, 2.75) is 32.0 Å². The molecule has 2 aliphatic rings. The van der Waals surface area contributed by atoms with E-state index >= 15 is 0 Å². The maximum Gasteiger partial charge on any atom is 0.321 e. The minimum Gasteiger partial charge on any atom is -0.467 e. The molecule has 0 aromatic heterocycles. The quantitative estimate of drug-likeness (QED) is 0.783. The number of carbonyl (C=O) groups is 1. The molecule has 98 valence electrons. The first-order chi connectivity index (χ1) is 9.05. The molecule has 4 heteroatoms. The van der Waals surface area contributed by atoms with Crippen LogP contribution in [0.3, 0.4) is 0 Å². The number of nitrogens with zero attached hydrogens (tertiary/aromatic N) is 1. The third-order valence-electron chi connectivity index (χ3n) is 3.89. The Balaban J connectivity index is 2.09. The van der Waals surface area contributed by atoms with Crippen molar-refractivity contribution in [3.8, 4) is 18.1 Å². The molecule has 2 unspecified atom stereocenters. The highest BCUT2D eigenvalue weighted by molar-refractivity contribution is 5.77. The fraction of sp³-hybridized carbons (Fsp3) is 0.400. The van der Waals surface area contributed by atoms with Crippen LogP contribution in [0.1, 0.15) is 30.5 Å². The Labute approximate surface area is 112 Å². The number of fused-ring (bicyclic) bond motifs is 4. The van der Waals surface area contributed by atoms with Gasteiger partial charge in [0.25, 0.3) is 0 Å². The van der Waals surface area contributed by atoms with Crippen molar-refractivity contribution < 1.29 is 9.53 Å². The Morgan fingerprint density at radius 3 is 3.16 bits per heavy atom. The summed E-state index contributed by atoms with van der Waals surface area (Å²) in [5.41, 5.74) is 1.45. The summed E-state index contributed by atoms with van der Waals surface area (Å²) in [5, 5.41) is 3.00. The topological polar surface area (TPSA) is 41.6 Å². The Bertz CT molecular complexity index is 590. The molecule has 4 nitrogen and oxygen atoms in total. The smallest absolute Gasteiger partial charge is 0.321 e. The van der Waals surface area contributed by atoms with E-state index in [9.17, 15) is 4.79 Å². The van der Waals surface area contributed by atoms with Gasteiger partial charge in [0.1, 0.15) is 5.75 Å². The molecule has 2 amide bonds. The molecule has 0 aliphatic carbocycles. The zero-order valence-electron chi connectivity index (χ0n) is 11.1. The third kappa shape index (κ3) is 1.66. The van der Waals surface area contributed by atoms with E-state index in [4.69, 9.17) is 11.2 Å². The SMILES string of the molecule is C#CCN1C(=O)NC2CC1(C)Oc1c(C)cccc12. The number of urea groups is 1. The predicted octanol–water partition coefficient (Wildman–Crippen LogP) is 2.19. The van der Waals surface area contributed by atoms with Gasteiger partial charge in [0.05, 0.1) is 12.6 Å². The molecular weight excluding hydrogens is 240 g/mol. The Morgan fingerprint density at radius 1 is 1.63 bits per heavy atom. The number of amides is 2. The van der Waals surface area contributed by atoms with E-state index in [1.54, 1.807) is 4.90 Å². The summed E-state index contributed by atoms with van der Waals surface area (Å²) in [5.74, 6) is 3.38. The number of hydrogen-bond donors (Lipinski definition) is 1. The van der Waals surface area contributed by atoms with Crippen LogP contribution >= 0.6 is 0 Å². The van der Waals surface area contributed by atoms with Crippen LogP contribution in [-0.2, 0) is 0 Å². The molecule has 1 saturated heterocycles. The molecule has 3 rings (SSSR count). The molecule has 1 aromatic carbocycles. The molecule has 0 radical (unpaired) electrons. The van der Waals surface area contributed by atoms with Gasteiger partial charge in [0.15, 0.2) is 5.72 Å². The van der Waals surface area contributed by atoms with Crippen LogP contribution in [0.2, 0.25) is 0 Å². The van der Waals surface area contributed by atoms with Crippen LogP contribution in [-0.4, -0.2) is 23.2 Å². The summed E-state index contributed by atoms with van der Waals surface area (Å²) in [7, 11) is 0. The van der Waals surface area contributed by atoms with Crippen LogP contribution < -0.4 is 10.1 Å². The van der Waals surface area contributed by atoms with Gasteiger partial charge in [-0.3, -0.25) is 4.90 Å². The number of benzene rings is 1. The lowest BCUT2D eigenvalue weighted by Crippen LogP contribution is -2.64. The fourth-order valence-electron chi connectivity index (χ4n) is 2.91. The number of carbonyl (C=O) groups excluding carboxylic acids is 1. The standard InChI is InChI=1S/C15H16N2O2/c1-4-8-17-14(18)16-12-9-15(17,3)19-13-10(2)6-5-7-11(12)13/h1,5-7,12H,8-9H2,2-3H3,(H,16,18). The minimum atomic E-state index is -0.668. The molecule has 1 N–H and O–H groups in total. The van der Waals surface area contributed by atoms with E-state index in [0.717, 1.165) is 16.9 Å². The Morgan fingerprint density at radius 2 is 2.42 bits per heavy atom. The van der Waals surface area contributed by atoms with Crippen LogP contribution in [0.15, 0.2) is 18.2 Å². The molecule has 2 atom stereocenters. The Kier molecular flexibility index (Phi) is 2.46. The van der Waals surface area contributed by atoms with Gasteiger partial charge in [0, 0.05) is 12.0 Å². The van der Waals surface area contributed by atoms with Crippen LogP contribution in [0.5, 0.6) is 5.75 Å². The number of terminal acetylenes is 1. The highest BCUT2D eigenvalue weighted by atomic mass is 16.5. The monoisotopic (exact) mass is 256 g/mol. The fourth-order valence-corrected chi connectivity index (χ4v) is 2.91. The first-order valence-corrected chi connectivity index (χ1v) is 6.35. The van der Waals surface area contributed by atoms with Crippen LogP contribution in [0.25, 0.3) is 0 Å². The van der Waals surface area contributed by atoms with Gasteiger partial charge < -0.3 is 10.1 Å². The van der Waals surface area contributed by atoms with Gasteiger partial charge in [-0.05, 0) is 19.4 Å². The first kappa shape index (κ1) is 11.9. The predicted molar refractivity (Wildman–Crippen MR) is 71.6 cm³/mol. The second-order valence-corrected chi connectivity index (χ2v) is 5.27. The summed E-state index contributed by atoms with van der Waals surface area (Å²) in [6.07, 6.45) is 6.05. The first-order valence-electron chi connectivity index (χ1n) is 6.35. The van der Waals surface area contributed by atoms with E-state index < -0.39 is 5.72 Å². The summed E-state index contributed by atoms with van der Waals surface area (Å²) in [6.45, 7) is 4.18. The van der Waals surface area contributed by atoms with Crippen LogP contribution in [0, 0.1) is 19.3 Å². The number of para-hydroxylation sites is 1. The minimum absolute atomic E-state index is 0.00447. The largest absolute Gasteiger partial charge is 0.467 e. The zero-order chi connectivity index (χ0) is 13.6. The van der Waals surface area contributed by atoms with E-state index in [-0.39, 0.29) is 18.6 Å². The van der Waals surface area contributed by atoms with Gasteiger partial charge in [-0.1, -0.05) is 24.1 Å². The van der Waals surface area contributed by atoms with Gasteiger partial charge in [-0.15, -0.1) is 6.42 Å². The lowest BCUT2D eigenvalue weighted by atomic mass is 9.89. The number of hydrogen-bond acceptors (Lipinski definition) is 2. The maximum atomic E-state index is 12.1. The van der Waals surface area contributed by atoms with Crippen molar-refractivity contribution >= 4 is 6.03 Å². The van der Waals surface area contributed by atoms with E-state index in [1.165, 1.54) is 0 Å². The summed E-state index contributed by atoms with van der Waals surface area (Å²) < 4.78 is 6.13. The molecule has 0 saturated carbocycles.